The molecule has 5 aromatic rings. The Bertz CT molecular complexity index is 1530. The van der Waals surface area contributed by atoms with E-state index in [9.17, 15) is 0 Å². The van der Waals surface area contributed by atoms with Gasteiger partial charge in [0.25, 0.3) is 0 Å². The molecule has 33 heavy (non-hydrogen) atoms. The summed E-state index contributed by atoms with van der Waals surface area (Å²) < 4.78 is 7.35. The number of hydrogen-bond donors (Lipinski definition) is 1. The topological polar surface area (TPSA) is 66.0 Å². The van der Waals surface area contributed by atoms with Gasteiger partial charge in [-0.1, -0.05) is 41.6 Å². The third-order valence-electron chi connectivity index (χ3n) is 5.52. The van der Waals surface area contributed by atoms with E-state index in [4.69, 9.17) is 22.1 Å². The standard InChI is InChI=1S/C27H21ClN4O/c1-33-22-4-2-3-19(13-22)5-8-20-14-23-25(15-24(20)28)30-16-26-27(23)32(17-31-26)21-9-6-18(7-10-21)11-12-29/h2-4,6-7,9-10,13-17H,11-12,29H2,1H3. The maximum Gasteiger partial charge on any atom is 0.120 e. The number of rotatable bonds is 4. The summed E-state index contributed by atoms with van der Waals surface area (Å²) in [6.45, 7) is 0.629. The molecule has 0 bridgehead atoms. The minimum atomic E-state index is 0.557. The van der Waals surface area contributed by atoms with E-state index in [1.54, 1.807) is 13.3 Å². The highest BCUT2D eigenvalue weighted by molar-refractivity contribution is 6.32. The van der Waals surface area contributed by atoms with Gasteiger partial charge in [-0.25, -0.2) is 4.98 Å². The Morgan fingerprint density at radius 1 is 1.00 bits per heavy atom. The van der Waals surface area contributed by atoms with E-state index in [1.807, 2.05) is 42.7 Å². The normalized spacial score (nSPS) is 10.9. The molecule has 0 unspecified atom stereocenters. The zero-order chi connectivity index (χ0) is 22.8. The monoisotopic (exact) mass is 452 g/mol. The molecule has 0 spiro atoms. The summed E-state index contributed by atoms with van der Waals surface area (Å²) >= 11 is 6.56. The number of imidazole rings is 1. The van der Waals surface area contributed by atoms with E-state index in [1.165, 1.54) is 5.56 Å². The molecule has 0 saturated carbocycles. The first-order chi connectivity index (χ1) is 16.2. The van der Waals surface area contributed by atoms with Crippen LogP contribution in [0.2, 0.25) is 5.02 Å². The van der Waals surface area contributed by atoms with Gasteiger partial charge in [-0.3, -0.25) is 9.55 Å². The van der Waals surface area contributed by atoms with Gasteiger partial charge in [0.1, 0.15) is 17.6 Å². The average molecular weight is 453 g/mol. The molecule has 6 heteroatoms. The second-order valence-electron chi connectivity index (χ2n) is 7.64. The van der Waals surface area contributed by atoms with Crippen LogP contribution in [0.4, 0.5) is 0 Å². The van der Waals surface area contributed by atoms with Crippen molar-refractivity contribution in [1.29, 1.82) is 0 Å². The van der Waals surface area contributed by atoms with Crippen molar-refractivity contribution in [2.75, 3.05) is 13.7 Å². The second kappa shape index (κ2) is 8.95. The number of fused-ring (bicyclic) bond motifs is 3. The quantitative estimate of drug-likeness (QED) is 0.383. The Labute approximate surface area is 196 Å². The number of hydrogen-bond acceptors (Lipinski definition) is 4. The lowest BCUT2D eigenvalue weighted by atomic mass is 10.1. The third-order valence-corrected chi connectivity index (χ3v) is 5.83. The van der Waals surface area contributed by atoms with Crippen molar-refractivity contribution < 1.29 is 4.74 Å². The molecule has 0 aliphatic heterocycles. The molecule has 0 amide bonds. The number of methoxy groups -OCH3 is 1. The van der Waals surface area contributed by atoms with Crippen LogP contribution >= 0.6 is 11.6 Å². The highest BCUT2D eigenvalue weighted by Gasteiger charge is 2.12. The Hall–Kier alpha value is -3.85. The van der Waals surface area contributed by atoms with Crippen molar-refractivity contribution in [3.05, 3.63) is 94.9 Å². The van der Waals surface area contributed by atoms with Gasteiger partial charge in [-0.2, -0.15) is 0 Å². The van der Waals surface area contributed by atoms with Gasteiger partial charge < -0.3 is 10.5 Å². The zero-order valence-corrected chi connectivity index (χ0v) is 18.8. The molecule has 0 aliphatic carbocycles. The average Bonchev–Trinajstić information content (AvgIpc) is 3.28. The van der Waals surface area contributed by atoms with Crippen LogP contribution in [0.3, 0.4) is 0 Å². The maximum absolute atomic E-state index is 6.56. The molecule has 5 rings (SSSR count). The van der Waals surface area contributed by atoms with Crippen LogP contribution in [0.15, 0.2) is 73.2 Å². The van der Waals surface area contributed by atoms with E-state index in [0.29, 0.717) is 11.6 Å². The summed E-state index contributed by atoms with van der Waals surface area (Å²) in [5.41, 5.74) is 12.1. The van der Waals surface area contributed by atoms with Crippen molar-refractivity contribution in [2.45, 2.75) is 6.42 Å². The zero-order valence-electron chi connectivity index (χ0n) is 18.0. The first-order valence-corrected chi connectivity index (χ1v) is 10.9. The molecule has 5 nitrogen and oxygen atoms in total. The number of aromatic nitrogens is 3. The van der Waals surface area contributed by atoms with Crippen molar-refractivity contribution in [1.82, 2.24) is 14.5 Å². The minimum Gasteiger partial charge on any atom is -0.497 e. The van der Waals surface area contributed by atoms with Crippen LogP contribution in [0.25, 0.3) is 27.6 Å². The lowest BCUT2D eigenvalue weighted by Crippen LogP contribution is -2.02. The molecular weight excluding hydrogens is 432 g/mol. The fourth-order valence-electron chi connectivity index (χ4n) is 3.84. The van der Waals surface area contributed by atoms with E-state index in [2.05, 4.69) is 50.6 Å². The third kappa shape index (κ3) is 4.14. The van der Waals surface area contributed by atoms with Gasteiger partial charge in [-0.15, -0.1) is 0 Å². The summed E-state index contributed by atoms with van der Waals surface area (Å²) in [7, 11) is 1.64. The van der Waals surface area contributed by atoms with Crippen molar-refractivity contribution in [3.8, 4) is 23.3 Å². The fourth-order valence-corrected chi connectivity index (χ4v) is 4.04. The minimum absolute atomic E-state index is 0.557. The number of nitrogens with zero attached hydrogens (tertiary/aromatic N) is 3. The van der Waals surface area contributed by atoms with Crippen LogP contribution < -0.4 is 10.5 Å². The maximum atomic E-state index is 6.56. The second-order valence-corrected chi connectivity index (χ2v) is 8.05. The molecule has 2 heterocycles. The first kappa shape index (κ1) is 21.0. The molecule has 162 valence electrons. The van der Waals surface area contributed by atoms with Crippen molar-refractivity contribution in [3.63, 3.8) is 0 Å². The molecule has 2 aromatic heterocycles. The number of ether oxygens (including phenoxy) is 1. The largest absolute Gasteiger partial charge is 0.497 e. The Morgan fingerprint density at radius 3 is 2.64 bits per heavy atom. The molecule has 0 radical (unpaired) electrons. The van der Waals surface area contributed by atoms with Crippen LogP contribution in [0.1, 0.15) is 16.7 Å². The molecule has 0 atom stereocenters. The summed E-state index contributed by atoms with van der Waals surface area (Å²) in [5.74, 6) is 7.15. The summed E-state index contributed by atoms with van der Waals surface area (Å²) in [5, 5.41) is 1.50. The van der Waals surface area contributed by atoms with Crippen LogP contribution in [0.5, 0.6) is 5.75 Å². The van der Waals surface area contributed by atoms with Gasteiger partial charge in [-0.05, 0) is 61.0 Å². The van der Waals surface area contributed by atoms with Crippen LogP contribution in [-0.2, 0) is 6.42 Å². The molecule has 0 saturated heterocycles. The summed E-state index contributed by atoms with van der Waals surface area (Å²) in [4.78, 5) is 9.13. The predicted octanol–water partition coefficient (Wildman–Crippen LogP) is 5.14. The smallest absolute Gasteiger partial charge is 0.120 e. The van der Waals surface area contributed by atoms with Gasteiger partial charge >= 0.3 is 0 Å². The SMILES string of the molecule is COc1cccc(C#Cc2cc3c(cc2Cl)ncc2ncn(-c4ccc(CCN)cc4)c23)c1. The van der Waals surface area contributed by atoms with E-state index in [0.717, 1.165) is 50.9 Å². The van der Waals surface area contributed by atoms with Crippen molar-refractivity contribution in [2.24, 2.45) is 5.73 Å². The van der Waals surface area contributed by atoms with Crippen molar-refractivity contribution >= 4 is 33.5 Å². The number of halogens is 1. The van der Waals surface area contributed by atoms with E-state index >= 15 is 0 Å². The van der Waals surface area contributed by atoms with Crippen LogP contribution in [-0.4, -0.2) is 28.2 Å². The number of nitrogens with two attached hydrogens (primary N) is 1. The molecule has 2 N–H and O–H groups in total. The highest BCUT2D eigenvalue weighted by Crippen LogP contribution is 2.30. The Morgan fingerprint density at radius 2 is 1.85 bits per heavy atom. The Kier molecular flexibility index (Phi) is 5.70. The Balaban J connectivity index is 1.64. The van der Waals surface area contributed by atoms with Gasteiger partial charge in [0, 0.05) is 22.2 Å². The number of benzene rings is 3. The predicted molar refractivity (Wildman–Crippen MR) is 133 cm³/mol. The van der Waals surface area contributed by atoms with Crippen LogP contribution in [0, 0.1) is 11.8 Å². The molecule has 0 aliphatic rings. The fraction of sp³-hybridized carbons (Fsp3) is 0.111. The van der Waals surface area contributed by atoms with Gasteiger partial charge in [0.05, 0.1) is 29.4 Å². The lowest BCUT2D eigenvalue weighted by Gasteiger charge is -2.09. The van der Waals surface area contributed by atoms with E-state index < -0.39 is 0 Å². The molecule has 3 aromatic carbocycles. The summed E-state index contributed by atoms with van der Waals surface area (Å²) in [6, 6.07) is 19.8. The highest BCUT2D eigenvalue weighted by atomic mass is 35.5. The number of pyridine rings is 1. The van der Waals surface area contributed by atoms with Gasteiger partial charge in [0.2, 0.25) is 0 Å². The first-order valence-electron chi connectivity index (χ1n) is 10.6. The molecular formula is C27H21ClN4O. The lowest BCUT2D eigenvalue weighted by molar-refractivity contribution is 0.414. The van der Waals surface area contributed by atoms with E-state index in [-0.39, 0.29) is 0 Å². The summed E-state index contributed by atoms with van der Waals surface area (Å²) in [6.07, 6.45) is 4.44. The molecule has 0 fully saturated rings. The van der Waals surface area contributed by atoms with Gasteiger partial charge in [0.15, 0.2) is 0 Å².